The third-order valence-corrected chi connectivity index (χ3v) is 8.51. The Kier molecular flexibility index (Phi) is 7.53. The van der Waals surface area contributed by atoms with E-state index < -0.39 is 26.0 Å². The van der Waals surface area contributed by atoms with Gasteiger partial charge in [-0.1, -0.05) is 48.0 Å². The van der Waals surface area contributed by atoms with E-state index in [0.717, 1.165) is 0 Å². The van der Waals surface area contributed by atoms with E-state index in [0.29, 0.717) is 11.3 Å². The molecule has 190 valence electrons. The maximum absolute atomic E-state index is 12.9. The molecule has 0 fully saturated rings. The first-order valence-electron chi connectivity index (χ1n) is 10.9. The lowest BCUT2D eigenvalue weighted by Crippen LogP contribution is -2.17. The first-order chi connectivity index (χ1) is 17.6. The lowest BCUT2D eigenvalue weighted by molar-refractivity contribution is 0.102. The van der Waals surface area contributed by atoms with Gasteiger partial charge in [0.2, 0.25) is 0 Å². The molecule has 4 rings (SSSR count). The van der Waals surface area contributed by atoms with E-state index in [9.17, 15) is 21.6 Å². The van der Waals surface area contributed by atoms with Gasteiger partial charge >= 0.3 is 0 Å². The Balaban J connectivity index is 1.49. The SMILES string of the molecule is Cc1c(NS(=O)(=O)c2ccccc2)cccc1C(=O)Nc1ccc(S(=O)(=O)Nc2ccccc2Cl)cc1. The van der Waals surface area contributed by atoms with E-state index in [4.69, 9.17) is 11.6 Å². The Labute approximate surface area is 220 Å². The number of rotatable bonds is 8. The van der Waals surface area contributed by atoms with Gasteiger partial charge in [-0.3, -0.25) is 14.2 Å². The molecule has 0 saturated carbocycles. The summed E-state index contributed by atoms with van der Waals surface area (Å²) in [5.41, 5.74) is 1.56. The van der Waals surface area contributed by atoms with E-state index in [1.165, 1.54) is 36.4 Å². The molecule has 0 heterocycles. The summed E-state index contributed by atoms with van der Waals surface area (Å²) in [5.74, 6) is -0.483. The molecule has 8 nitrogen and oxygen atoms in total. The summed E-state index contributed by atoms with van der Waals surface area (Å²) >= 11 is 6.04. The number of carbonyl (C=O) groups is 1. The standard InChI is InChI=1S/C26H22ClN3O5S2/c1-18-22(10-7-13-24(18)29-36(32,33)20-8-3-2-4-9-20)26(31)28-19-14-16-21(17-15-19)37(34,35)30-25-12-6-5-11-23(25)27/h2-17,29-30H,1H3,(H,28,31). The van der Waals surface area contributed by atoms with Gasteiger partial charge in [-0.2, -0.15) is 0 Å². The smallest absolute Gasteiger partial charge is 0.261 e. The zero-order valence-electron chi connectivity index (χ0n) is 19.5. The highest BCUT2D eigenvalue weighted by atomic mass is 35.5. The van der Waals surface area contributed by atoms with Crippen LogP contribution in [0.15, 0.2) is 107 Å². The summed E-state index contributed by atoms with van der Waals surface area (Å²) in [6, 6.07) is 24.7. The fourth-order valence-corrected chi connectivity index (χ4v) is 5.92. The van der Waals surface area contributed by atoms with Crippen LogP contribution in [0.1, 0.15) is 15.9 Å². The number of benzene rings is 4. The van der Waals surface area contributed by atoms with Crippen LogP contribution in [0.2, 0.25) is 5.02 Å². The van der Waals surface area contributed by atoms with Crippen molar-refractivity contribution in [3.63, 3.8) is 0 Å². The minimum absolute atomic E-state index is 0.0149. The average molecular weight is 556 g/mol. The lowest BCUT2D eigenvalue weighted by atomic mass is 10.1. The number of sulfonamides is 2. The van der Waals surface area contributed by atoms with Crippen LogP contribution in [-0.4, -0.2) is 22.7 Å². The van der Waals surface area contributed by atoms with Gasteiger partial charge in [0.1, 0.15) is 0 Å². The first kappa shape index (κ1) is 26.2. The van der Waals surface area contributed by atoms with Crippen LogP contribution < -0.4 is 14.8 Å². The van der Waals surface area contributed by atoms with Crippen LogP contribution in [0.25, 0.3) is 0 Å². The molecule has 0 bridgehead atoms. The van der Waals surface area contributed by atoms with E-state index in [2.05, 4.69) is 14.8 Å². The van der Waals surface area contributed by atoms with Crippen molar-refractivity contribution in [3.05, 3.63) is 113 Å². The van der Waals surface area contributed by atoms with Gasteiger partial charge in [-0.05, 0) is 73.2 Å². The molecular formula is C26H22ClN3O5S2. The zero-order valence-corrected chi connectivity index (χ0v) is 21.9. The third kappa shape index (κ3) is 6.11. The number of halogens is 1. The molecule has 0 spiro atoms. The van der Waals surface area contributed by atoms with Gasteiger partial charge in [-0.25, -0.2) is 16.8 Å². The predicted molar refractivity (Wildman–Crippen MR) is 145 cm³/mol. The number of para-hydroxylation sites is 1. The number of hydrogen-bond donors (Lipinski definition) is 3. The van der Waals surface area contributed by atoms with Gasteiger partial charge in [0.05, 0.1) is 26.2 Å². The fourth-order valence-electron chi connectivity index (χ4n) is 3.46. The molecular weight excluding hydrogens is 534 g/mol. The third-order valence-electron chi connectivity index (χ3n) is 5.42. The second-order valence-corrected chi connectivity index (χ2v) is 11.7. The highest BCUT2D eigenvalue weighted by molar-refractivity contribution is 7.93. The summed E-state index contributed by atoms with van der Waals surface area (Å²) in [6.07, 6.45) is 0. The van der Waals surface area contributed by atoms with Gasteiger partial charge in [0.15, 0.2) is 0 Å². The van der Waals surface area contributed by atoms with Gasteiger partial charge in [0, 0.05) is 11.3 Å². The van der Waals surface area contributed by atoms with Crippen LogP contribution in [0.3, 0.4) is 0 Å². The van der Waals surface area contributed by atoms with Crippen molar-refractivity contribution >= 4 is 54.6 Å². The van der Waals surface area contributed by atoms with Crippen molar-refractivity contribution in [1.29, 1.82) is 0 Å². The second-order valence-electron chi connectivity index (χ2n) is 7.96. The normalized spacial score (nSPS) is 11.5. The maximum Gasteiger partial charge on any atom is 0.261 e. The number of nitrogens with one attached hydrogen (secondary N) is 3. The predicted octanol–water partition coefficient (Wildman–Crippen LogP) is 5.50. The highest BCUT2D eigenvalue weighted by Gasteiger charge is 2.19. The fraction of sp³-hybridized carbons (Fsp3) is 0.0385. The summed E-state index contributed by atoms with van der Waals surface area (Å²) in [7, 11) is -7.73. The van der Waals surface area contributed by atoms with Crippen molar-refractivity contribution in [1.82, 2.24) is 0 Å². The molecule has 4 aromatic rings. The monoisotopic (exact) mass is 555 g/mol. The zero-order chi connectivity index (χ0) is 26.6. The van der Waals surface area contributed by atoms with Crippen molar-refractivity contribution in [2.75, 3.05) is 14.8 Å². The molecule has 0 aliphatic rings. The van der Waals surface area contributed by atoms with Gasteiger partial charge < -0.3 is 5.32 Å². The molecule has 0 aromatic heterocycles. The molecule has 0 aliphatic heterocycles. The molecule has 4 aromatic carbocycles. The number of hydrogen-bond acceptors (Lipinski definition) is 5. The Bertz CT molecular complexity index is 1660. The molecule has 0 atom stereocenters. The van der Waals surface area contributed by atoms with Crippen molar-refractivity contribution in [3.8, 4) is 0 Å². The summed E-state index contributed by atoms with van der Waals surface area (Å²) < 4.78 is 55.7. The Morgan fingerprint density at radius 1 is 0.649 bits per heavy atom. The average Bonchev–Trinajstić information content (AvgIpc) is 2.87. The van der Waals surface area contributed by atoms with E-state index in [1.807, 2.05) is 0 Å². The van der Waals surface area contributed by atoms with Crippen LogP contribution in [-0.2, 0) is 20.0 Å². The molecule has 1 amide bonds. The largest absolute Gasteiger partial charge is 0.322 e. The minimum Gasteiger partial charge on any atom is -0.322 e. The molecule has 11 heteroatoms. The topological polar surface area (TPSA) is 121 Å². The molecule has 0 aliphatic carbocycles. The number of carbonyl (C=O) groups excluding carboxylic acids is 1. The molecule has 0 radical (unpaired) electrons. The Hall–Kier alpha value is -3.86. The molecule has 0 saturated heterocycles. The van der Waals surface area contributed by atoms with Crippen molar-refractivity contribution in [2.45, 2.75) is 16.7 Å². The number of amides is 1. The van der Waals surface area contributed by atoms with E-state index in [1.54, 1.807) is 67.6 Å². The Morgan fingerprint density at radius 3 is 1.84 bits per heavy atom. The van der Waals surface area contributed by atoms with Crippen molar-refractivity contribution in [2.24, 2.45) is 0 Å². The molecule has 0 unspecified atom stereocenters. The summed E-state index contributed by atoms with van der Waals surface area (Å²) in [5, 5.41) is 2.97. The minimum atomic E-state index is -3.90. The van der Waals surface area contributed by atoms with Gasteiger partial charge in [-0.15, -0.1) is 0 Å². The number of anilines is 3. The van der Waals surface area contributed by atoms with Gasteiger partial charge in [0.25, 0.3) is 26.0 Å². The van der Waals surface area contributed by atoms with E-state index in [-0.39, 0.29) is 31.8 Å². The van der Waals surface area contributed by atoms with Crippen molar-refractivity contribution < 1.29 is 21.6 Å². The molecule has 37 heavy (non-hydrogen) atoms. The highest BCUT2D eigenvalue weighted by Crippen LogP contribution is 2.26. The summed E-state index contributed by atoms with van der Waals surface area (Å²) in [6.45, 7) is 1.63. The Morgan fingerprint density at radius 2 is 1.19 bits per heavy atom. The first-order valence-corrected chi connectivity index (χ1v) is 14.3. The summed E-state index contributed by atoms with van der Waals surface area (Å²) in [4.78, 5) is 13.0. The molecule has 3 N–H and O–H groups in total. The van der Waals surface area contributed by atoms with Crippen LogP contribution in [0.5, 0.6) is 0 Å². The van der Waals surface area contributed by atoms with Crippen LogP contribution in [0, 0.1) is 6.92 Å². The van der Waals surface area contributed by atoms with Crippen LogP contribution >= 0.6 is 11.6 Å². The maximum atomic E-state index is 12.9. The van der Waals surface area contributed by atoms with Crippen LogP contribution in [0.4, 0.5) is 17.1 Å². The quantitative estimate of drug-likeness (QED) is 0.265. The van der Waals surface area contributed by atoms with E-state index >= 15 is 0 Å². The lowest BCUT2D eigenvalue weighted by Gasteiger charge is -2.14. The second kappa shape index (κ2) is 10.6.